The Kier molecular flexibility index (Phi) is 4.53. The number of carbonyl (C=O) groups is 1. The van der Waals surface area contributed by atoms with Gasteiger partial charge in [0.25, 0.3) is 0 Å². The van der Waals surface area contributed by atoms with Gasteiger partial charge in [-0.15, -0.1) is 0 Å². The van der Waals surface area contributed by atoms with Crippen molar-refractivity contribution in [3.63, 3.8) is 0 Å². The molecule has 1 amide bonds. The monoisotopic (exact) mass is 272 g/mol. The molecule has 0 aliphatic rings. The number of aromatic nitrogens is 2. The Balaban J connectivity index is 1.83. The molecule has 0 aliphatic heterocycles. The molecule has 2 rings (SSSR count). The minimum atomic E-state index is -0.387. The van der Waals surface area contributed by atoms with E-state index in [9.17, 15) is 4.79 Å². The number of hydrogen-bond acceptors (Lipinski definition) is 3. The molecule has 2 aromatic rings. The first kappa shape index (κ1) is 14.3. The molecule has 0 bridgehead atoms. The normalized spacial score (nSPS) is 10.7. The molecule has 0 unspecified atom stereocenters. The molecule has 20 heavy (non-hydrogen) atoms. The number of primary amides is 1. The molecule has 1 aromatic carbocycles. The average molecular weight is 272 g/mol. The van der Waals surface area contributed by atoms with Crippen LogP contribution in [0.25, 0.3) is 0 Å². The zero-order chi connectivity index (χ0) is 14.5. The first-order valence-corrected chi connectivity index (χ1v) is 6.65. The summed E-state index contributed by atoms with van der Waals surface area (Å²) in [6.45, 7) is 6.47. The molecule has 0 spiro atoms. The van der Waals surface area contributed by atoms with Gasteiger partial charge in [0, 0.05) is 24.8 Å². The first-order chi connectivity index (χ1) is 9.56. The number of rotatable bonds is 6. The van der Waals surface area contributed by atoms with E-state index in [0.717, 1.165) is 25.2 Å². The van der Waals surface area contributed by atoms with Crippen molar-refractivity contribution in [2.75, 3.05) is 6.54 Å². The molecule has 0 radical (unpaired) electrons. The van der Waals surface area contributed by atoms with Gasteiger partial charge in [0.15, 0.2) is 0 Å². The van der Waals surface area contributed by atoms with E-state index in [1.54, 1.807) is 6.07 Å². The second kappa shape index (κ2) is 6.34. The summed E-state index contributed by atoms with van der Waals surface area (Å²) in [5.74, 6) is -0.387. The van der Waals surface area contributed by atoms with Crippen molar-refractivity contribution in [1.82, 2.24) is 15.1 Å². The fraction of sp³-hybridized carbons (Fsp3) is 0.333. The largest absolute Gasteiger partial charge is 0.366 e. The van der Waals surface area contributed by atoms with E-state index in [2.05, 4.69) is 10.4 Å². The van der Waals surface area contributed by atoms with Gasteiger partial charge in [0.1, 0.15) is 0 Å². The number of benzene rings is 1. The summed E-state index contributed by atoms with van der Waals surface area (Å²) < 4.78 is 1.92. The van der Waals surface area contributed by atoms with Crippen molar-refractivity contribution in [2.24, 2.45) is 5.73 Å². The lowest BCUT2D eigenvalue weighted by Crippen LogP contribution is -2.20. The molecule has 5 heteroatoms. The predicted octanol–water partition coefficient (Wildman–Crippen LogP) is 1.39. The van der Waals surface area contributed by atoms with Crippen LogP contribution in [0.3, 0.4) is 0 Å². The number of nitrogens with one attached hydrogen (secondary N) is 1. The minimum Gasteiger partial charge on any atom is -0.366 e. The summed E-state index contributed by atoms with van der Waals surface area (Å²) >= 11 is 0. The molecular weight excluding hydrogens is 252 g/mol. The second-order valence-electron chi connectivity index (χ2n) is 4.96. The predicted molar refractivity (Wildman–Crippen MR) is 78.4 cm³/mol. The third-order valence-electron chi connectivity index (χ3n) is 3.22. The van der Waals surface area contributed by atoms with Gasteiger partial charge < -0.3 is 11.1 Å². The molecule has 0 aliphatic carbocycles. The molecule has 1 heterocycles. The highest BCUT2D eigenvalue weighted by molar-refractivity contribution is 5.93. The average Bonchev–Trinajstić information content (AvgIpc) is 2.81. The van der Waals surface area contributed by atoms with Gasteiger partial charge in [-0.1, -0.05) is 6.07 Å². The zero-order valence-electron chi connectivity index (χ0n) is 11.9. The fourth-order valence-corrected chi connectivity index (χ4v) is 2.05. The molecule has 3 N–H and O–H groups in total. The quantitative estimate of drug-likeness (QED) is 0.780. The third-order valence-corrected chi connectivity index (χ3v) is 3.22. The van der Waals surface area contributed by atoms with E-state index >= 15 is 0 Å². The van der Waals surface area contributed by atoms with Crippen molar-refractivity contribution in [1.29, 1.82) is 0 Å². The molecule has 0 saturated heterocycles. The molecule has 1 aromatic heterocycles. The summed E-state index contributed by atoms with van der Waals surface area (Å²) in [5.41, 5.74) is 9.23. The first-order valence-electron chi connectivity index (χ1n) is 6.65. The number of carbonyl (C=O) groups excluding carboxylic acids is 1. The van der Waals surface area contributed by atoms with Crippen LogP contribution in [0.1, 0.15) is 27.0 Å². The lowest BCUT2D eigenvalue weighted by molar-refractivity contribution is 0.1000. The highest BCUT2D eigenvalue weighted by atomic mass is 16.1. The number of nitrogens with two attached hydrogens (primary N) is 1. The molecule has 0 saturated carbocycles. The third kappa shape index (κ3) is 3.68. The Labute approximate surface area is 118 Å². The smallest absolute Gasteiger partial charge is 0.248 e. The summed E-state index contributed by atoms with van der Waals surface area (Å²) in [7, 11) is 0. The fourth-order valence-electron chi connectivity index (χ4n) is 2.05. The summed E-state index contributed by atoms with van der Waals surface area (Å²) in [5, 5.41) is 7.61. The lowest BCUT2D eigenvalue weighted by Gasteiger charge is -2.09. The molecular formula is C15H20N4O. The Morgan fingerprint density at radius 3 is 2.80 bits per heavy atom. The number of aryl methyl sites for hydroxylation is 2. The molecule has 5 nitrogen and oxygen atoms in total. The van der Waals surface area contributed by atoms with Crippen molar-refractivity contribution in [2.45, 2.75) is 26.9 Å². The van der Waals surface area contributed by atoms with Crippen LogP contribution in [0.2, 0.25) is 0 Å². The Bertz CT molecular complexity index is 604. The highest BCUT2D eigenvalue weighted by Crippen LogP contribution is 2.10. The minimum absolute atomic E-state index is 0.387. The van der Waals surface area contributed by atoms with Gasteiger partial charge in [-0.2, -0.15) is 5.10 Å². The Morgan fingerprint density at radius 1 is 1.40 bits per heavy atom. The standard InChI is InChI=1S/C15H20N4O/c1-11-8-18-19(10-11)6-5-17-9-14-4-3-13(15(16)20)7-12(14)2/h3-4,7-8,10,17H,5-6,9H2,1-2H3,(H2,16,20). The Morgan fingerprint density at radius 2 is 2.20 bits per heavy atom. The van der Waals surface area contributed by atoms with Gasteiger partial charge in [-0.25, -0.2) is 0 Å². The van der Waals surface area contributed by atoms with E-state index in [-0.39, 0.29) is 5.91 Å². The van der Waals surface area contributed by atoms with Crippen LogP contribution >= 0.6 is 0 Å². The van der Waals surface area contributed by atoms with Crippen LogP contribution in [-0.2, 0) is 13.1 Å². The van der Waals surface area contributed by atoms with E-state index in [0.29, 0.717) is 5.56 Å². The van der Waals surface area contributed by atoms with Crippen LogP contribution < -0.4 is 11.1 Å². The maximum absolute atomic E-state index is 11.1. The van der Waals surface area contributed by atoms with E-state index in [1.165, 1.54) is 11.1 Å². The number of amides is 1. The summed E-state index contributed by atoms with van der Waals surface area (Å²) in [4.78, 5) is 11.1. The van der Waals surface area contributed by atoms with Crippen molar-refractivity contribution < 1.29 is 4.79 Å². The van der Waals surface area contributed by atoms with E-state index in [1.807, 2.05) is 43.1 Å². The van der Waals surface area contributed by atoms with Crippen LogP contribution in [0.5, 0.6) is 0 Å². The van der Waals surface area contributed by atoms with E-state index < -0.39 is 0 Å². The lowest BCUT2D eigenvalue weighted by atomic mass is 10.0. The number of nitrogens with zero attached hydrogens (tertiary/aromatic N) is 2. The molecule has 0 fully saturated rings. The summed E-state index contributed by atoms with van der Waals surface area (Å²) in [6, 6.07) is 5.54. The maximum atomic E-state index is 11.1. The zero-order valence-corrected chi connectivity index (χ0v) is 11.9. The van der Waals surface area contributed by atoms with Crippen LogP contribution in [0.15, 0.2) is 30.6 Å². The van der Waals surface area contributed by atoms with Gasteiger partial charge in [-0.3, -0.25) is 9.48 Å². The van der Waals surface area contributed by atoms with Crippen molar-refractivity contribution >= 4 is 5.91 Å². The van der Waals surface area contributed by atoms with Crippen LogP contribution in [0, 0.1) is 13.8 Å². The van der Waals surface area contributed by atoms with Crippen LogP contribution in [-0.4, -0.2) is 22.2 Å². The molecule has 106 valence electrons. The van der Waals surface area contributed by atoms with Crippen LogP contribution in [0.4, 0.5) is 0 Å². The van der Waals surface area contributed by atoms with Gasteiger partial charge in [0.2, 0.25) is 5.91 Å². The van der Waals surface area contributed by atoms with Gasteiger partial charge in [-0.05, 0) is 42.7 Å². The SMILES string of the molecule is Cc1cnn(CCNCc2ccc(C(N)=O)cc2C)c1. The van der Waals surface area contributed by atoms with Gasteiger partial charge in [0.05, 0.1) is 12.7 Å². The molecule has 0 atom stereocenters. The Hall–Kier alpha value is -2.14. The van der Waals surface area contributed by atoms with E-state index in [4.69, 9.17) is 5.73 Å². The maximum Gasteiger partial charge on any atom is 0.248 e. The van der Waals surface area contributed by atoms with Gasteiger partial charge >= 0.3 is 0 Å². The van der Waals surface area contributed by atoms with Crippen molar-refractivity contribution in [3.8, 4) is 0 Å². The number of hydrogen-bond donors (Lipinski definition) is 2. The summed E-state index contributed by atoms with van der Waals surface area (Å²) in [6.07, 6.45) is 3.88. The highest BCUT2D eigenvalue weighted by Gasteiger charge is 2.04. The van der Waals surface area contributed by atoms with Crippen molar-refractivity contribution in [3.05, 3.63) is 52.8 Å². The topological polar surface area (TPSA) is 72.9 Å². The second-order valence-corrected chi connectivity index (χ2v) is 4.96.